The van der Waals surface area contributed by atoms with Gasteiger partial charge in [0.2, 0.25) is 0 Å². The highest BCUT2D eigenvalue weighted by Gasteiger charge is 2.16. The maximum Gasteiger partial charge on any atom is 0.161 e. The summed E-state index contributed by atoms with van der Waals surface area (Å²) in [4.78, 5) is 0. The number of methoxy groups -OCH3 is 1. The normalized spacial score (nSPS) is 11.8. The molecule has 2 N–H and O–H groups in total. The van der Waals surface area contributed by atoms with E-state index in [1.165, 1.54) is 7.11 Å². The van der Waals surface area contributed by atoms with Crippen molar-refractivity contribution in [2.45, 2.75) is 26.8 Å². The number of rotatable bonds is 4. The fraction of sp³-hybridized carbons (Fsp3) is 0.250. The maximum atomic E-state index is 10.2. The molecule has 0 aliphatic rings. The Morgan fingerprint density at radius 2 is 1.96 bits per heavy atom. The van der Waals surface area contributed by atoms with Crippen LogP contribution in [0.4, 0.5) is 5.82 Å². The Morgan fingerprint density at radius 1 is 1.19 bits per heavy atom. The van der Waals surface area contributed by atoms with E-state index in [1.807, 2.05) is 32.9 Å². The summed E-state index contributed by atoms with van der Waals surface area (Å²) in [6.45, 7) is 5.79. The van der Waals surface area contributed by atoms with Gasteiger partial charge in [-0.25, -0.2) is 0 Å². The Hall–Kier alpha value is -3.33. The third kappa shape index (κ3) is 3.00. The first-order chi connectivity index (χ1) is 12.5. The summed E-state index contributed by atoms with van der Waals surface area (Å²) in [7, 11) is 1.51. The predicted octanol–water partition coefficient (Wildman–Crippen LogP) is 4.01. The number of phenols is 1. The number of aryl methyl sites for hydroxylation is 1. The smallest absolute Gasteiger partial charge is 0.161 e. The molecule has 0 spiro atoms. The van der Waals surface area contributed by atoms with E-state index in [2.05, 4.69) is 21.6 Å². The van der Waals surface area contributed by atoms with Crippen LogP contribution in [0.3, 0.4) is 0 Å². The first-order valence-corrected chi connectivity index (χ1v) is 8.26. The molecule has 0 saturated heterocycles. The molecule has 3 rings (SSSR count). The molecule has 0 aliphatic carbocycles. The number of anilines is 1. The molecular formula is C20H20N4O2. The van der Waals surface area contributed by atoms with Crippen molar-refractivity contribution in [1.82, 2.24) is 10.2 Å². The topological polar surface area (TPSA) is 91.1 Å². The fourth-order valence-corrected chi connectivity index (χ4v) is 3.09. The molecule has 6 nitrogen and oxygen atoms in total. The van der Waals surface area contributed by atoms with Gasteiger partial charge in [0, 0.05) is 10.8 Å². The van der Waals surface area contributed by atoms with Crippen LogP contribution in [-0.4, -0.2) is 22.4 Å². The van der Waals surface area contributed by atoms with Gasteiger partial charge in [0.25, 0.3) is 0 Å². The summed E-state index contributed by atoms with van der Waals surface area (Å²) in [5.74, 6) is 1.01. The number of nitriles is 1. The highest BCUT2D eigenvalue weighted by molar-refractivity contribution is 5.95. The first-order valence-electron chi connectivity index (χ1n) is 8.26. The third-order valence-corrected chi connectivity index (χ3v) is 4.58. The lowest BCUT2D eigenvalue weighted by Gasteiger charge is -2.19. The van der Waals surface area contributed by atoms with Gasteiger partial charge in [0.1, 0.15) is 0 Å². The SMILES string of the molecule is COc1cc2c(C)nnc(N[C@H](C)c3cccc(C#N)c3C)c2cc1O. The van der Waals surface area contributed by atoms with Gasteiger partial charge in [-0.1, -0.05) is 12.1 Å². The first kappa shape index (κ1) is 17.5. The third-order valence-electron chi connectivity index (χ3n) is 4.58. The summed E-state index contributed by atoms with van der Waals surface area (Å²) < 4.78 is 5.19. The summed E-state index contributed by atoms with van der Waals surface area (Å²) >= 11 is 0. The van der Waals surface area contributed by atoms with Crippen LogP contribution >= 0.6 is 0 Å². The molecule has 0 bridgehead atoms. The second kappa shape index (κ2) is 6.89. The molecule has 0 amide bonds. The molecular weight excluding hydrogens is 328 g/mol. The van der Waals surface area contributed by atoms with Crippen LogP contribution in [0, 0.1) is 25.2 Å². The van der Waals surface area contributed by atoms with Gasteiger partial charge in [-0.3, -0.25) is 0 Å². The van der Waals surface area contributed by atoms with Crippen molar-refractivity contribution in [3.05, 3.63) is 52.7 Å². The van der Waals surface area contributed by atoms with Gasteiger partial charge in [0.15, 0.2) is 17.3 Å². The lowest BCUT2D eigenvalue weighted by molar-refractivity contribution is 0.374. The molecule has 0 saturated carbocycles. The molecule has 0 aliphatic heterocycles. The van der Waals surface area contributed by atoms with Gasteiger partial charge < -0.3 is 15.2 Å². The van der Waals surface area contributed by atoms with Crippen molar-refractivity contribution in [1.29, 1.82) is 5.26 Å². The standard InChI is InChI=1S/C20H20N4O2/c1-11-14(10-21)6-5-7-15(11)12(2)22-20-17-8-18(25)19(26-4)9-16(17)13(3)23-24-20/h5-9,12,25H,1-4H3,(H,22,24)/t12-/m1/s1. The van der Waals surface area contributed by atoms with Crippen LogP contribution in [0.2, 0.25) is 0 Å². The van der Waals surface area contributed by atoms with E-state index in [1.54, 1.807) is 18.2 Å². The number of hydrogen-bond donors (Lipinski definition) is 2. The van der Waals surface area contributed by atoms with E-state index in [0.717, 1.165) is 27.6 Å². The lowest BCUT2D eigenvalue weighted by Crippen LogP contribution is -2.11. The van der Waals surface area contributed by atoms with Crippen molar-refractivity contribution in [3.63, 3.8) is 0 Å². The fourth-order valence-electron chi connectivity index (χ4n) is 3.09. The van der Waals surface area contributed by atoms with Crippen molar-refractivity contribution in [2.75, 3.05) is 12.4 Å². The number of aromatic nitrogens is 2. The summed E-state index contributed by atoms with van der Waals surface area (Å²) in [5.41, 5.74) is 3.35. The Labute approximate surface area is 152 Å². The number of phenolic OH excluding ortho intramolecular Hbond substituents is 1. The maximum absolute atomic E-state index is 10.2. The Morgan fingerprint density at radius 3 is 2.65 bits per heavy atom. The molecule has 3 aromatic rings. The van der Waals surface area contributed by atoms with Gasteiger partial charge in [-0.05, 0) is 50.1 Å². The number of aromatic hydroxyl groups is 1. The highest BCUT2D eigenvalue weighted by Crippen LogP contribution is 2.35. The number of ether oxygens (including phenoxy) is 1. The zero-order chi connectivity index (χ0) is 18.8. The van der Waals surface area contributed by atoms with Crippen LogP contribution in [0.15, 0.2) is 30.3 Å². The van der Waals surface area contributed by atoms with Crippen LogP contribution < -0.4 is 10.1 Å². The van der Waals surface area contributed by atoms with E-state index in [4.69, 9.17) is 4.74 Å². The zero-order valence-electron chi connectivity index (χ0n) is 15.2. The molecule has 1 aromatic heterocycles. The predicted molar refractivity (Wildman–Crippen MR) is 100 cm³/mol. The van der Waals surface area contributed by atoms with Crippen molar-refractivity contribution in [2.24, 2.45) is 0 Å². The van der Waals surface area contributed by atoms with Gasteiger partial charge in [0.05, 0.1) is 30.5 Å². The number of nitrogens with zero attached hydrogens (tertiary/aromatic N) is 3. The summed E-state index contributed by atoms with van der Waals surface area (Å²) in [5, 5.41) is 32.8. The van der Waals surface area contributed by atoms with Gasteiger partial charge in [-0.15, -0.1) is 5.10 Å². The Kier molecular flexibility index (Phi) is 4.63. The Bertz CT molecular complexity index is 1020. The van der Waals surface area contributed by atoms with Crippen LogP contribution in [-0.2, 0) is 0 Å². The van der Waals surface area contributed by atoms with Crippen molar-refractivity contribution in [3.8, 4) is 17.6 Å². The van der Waals surface area contributed by atoms with Gasteiger partial charge in [-0.2, -0.15) is 10.4 Å². The average Bonchev–Trinajstić information content (AvgIpc) is 2.63. The molecule has 0 unspecified atom stereocenters. The monoisotopic (exact) mass is 348 g/mol. The minimum Gasteiger partial charge on any atom is -0.504 e. The minimum atomic E-state index is -0.0900. The van der Waals surface area contributed by atoms with Crippen LogP contribution in [0.1, 0.15) is 35.3 Å². The second-order valence-corrected chi connectivity index (χ2v) is 6.20. The van der Waals surface area contributed by atoms with Crippen LogP contribution in [0.5, 0.6) is 11.5 Å². The average molecular weight is 348 g/mol. The summed E-state index contributed by atoms with van der Waals surface area (Å²) in [6, 6.07) is 11.2. The molecule has 132 valence electrons. The number of nitrogens with one attached hydrogen (secondary N) is 1. The molecule has 1 atom stereocenters. The van der Waals surface area contributed by atoms with Crippen molar-refractivity contribution >= 4 is 16.6 Å². The second-order valence-electron chi connectivity index (χ2n) is 6.20. The van der Waals surface area contributed by atoms with Gasteiger partial charge >= 0.3 is 0 Å². The lowest BCUT2D eigenvalue weighted by atomic mass is 9.98. The van der Waals surface area contributed by atoms with E-state index >= 15 is 0 Å². The minimum absolute atomic E-state index is 0.0470. The van der Waals surface area contributed by atoms with Crippen LogP contribution in [0.25, 0.3) is 10.8 Å². The van der Waals surface area contributed by atoms with E-state index < -0.39 is 0 Å². The number of hydrogen-bond acceptors (Lipinski definition) is 6. The molecule has 26 heavy (non-hydrogen) atoms. The summed E-state index contributed by atoms with van der Waals surface area (Å²) in [6.07, 6.45) is 0. The van der Waals surface area contributed by atoms with Crippen molar-refractivity contribution < 1.29 is 9.84 Å². The number of fused-ring (bicyclic) bond motifs is 1. The molecule has 6 heteroatoms. The quantitative estimate of drug-likeness (QED) is 0.740. The molecule has 0 radical (unpaired) electrons. The largest absolute Gasteiger partial charge is 0.504 e. The molecule has 1 heterocycles. The van der Waals surface area contributed by atoms with E-state index in [-0.39, 0.29) is 11.8 Å². The zero-order valence-corrected chi connectivity index (χ0v) is 15.2. The van der Waals surface area contributed by atoms with E-state index in [0.29, 0.717) is 17.1 Å². The molecule has 2 aromatic carbocycles. The highest BCUT2D eigenvalue weighted by atomic mass is 16.5. The number of benzene rings is 2. The Balaban J connectivity index is 2.05. The molecule has 0 fully saturated rings. The van der Waals surface area contributed by atoms with E-state index in [9.17, 15) is 10.4 Å².